The number of aromatic carboxylic acids is 1. The van der Waals surface area contributed by atoms with E-state index in [-0.39, 0.29) is 29.3 Å². The van der Waals surface area contributed by atoms with Gasteiger partial charge in [0.1, 0.15) is 5.75 Å². The summed E-state index contributed by atoms with van der Waals surface area (Å²) in [6.07, 6.45) is -0.0206. The molecule has 0 bridgehead atoms. The Morgan fingerprint density at radius 1 is 1.04 bits per heavy atom. The molecule has 0 aliphatic rings. The van der Waals surface area contributed by atoms with Crippen LogP contribution in [0.1, 0.15) is 15.9 Å². The number of carbonyl (C=O) groups excluding carboxylic acids is 1. The number of hydrogen-bond donors (Lipinski definition) is 4. The molecule has 8 heteroatoms. The van der Waals surface area contributed by atoms with E-state index in [4.69, 9.17) is 5.11 Å². The molecule has 3 aromatic rings. The molecule has 126 valence electrons. The molecular formula is C17H13N3O5. The molecule has 3 rings (SSSR count). The van der Waals surface area contributed by atoms with Gasteiger partial charge in [0, 0.05) is 5.39 Å². The standard InChI is InChI=1S/C17H13N3O5/c21-11-4-1-9(2-5-11)7-14(22)19-20-15-12-8-10(17(24)25)3-6-13(12)18-16(15)23/h1-6,8,18,21,23H,7H2,(H,24,25). The highest BCUT2D eigenvalue weighted by Gasteiger charge is 2.14. The number of carboxylic acid groups (broad SMARTS) is 1. The van der Waals surface area contributed by atoms with Crippen LogP contribution < -0.4 is 0 Å². The van der Waals surface area contributed by atoms with E-state index in [1.807, 2.05) is 0 Å². The fourth-order valence-corrected chi connectivity index (χ4v) is 2.33. The van der Waals surface area contributed by atoms with E-state index < -0.39 is 11.9 Å². The Kier molecular flexibility index (Phi) is 4.17. The van der Waals surface area contributed by atoms with Gasteiger partial charge in [-0.05, 0) is 35.9 Å². The third-order valence-electron chi connectivity index (χ3n) is 3.55. The molecule has 8 nitrogen and oxygen atoms in total. The predicted molar refractivity (Wildman–Crippen MR) is 88.3 cm³/mol. The normalized spacial score (nSPS) is 11.2. The van der Waals surface area contributed by atoms with E-state index in [0.717, 1.165) is 0 Å². The maximum absolute atomic E-state index is 11.9. The lowest BCUT2D eigenvalue weighted by Gasteiger charge is -1.97. The number of H-pyrrole nitrogens is 1. The Morgan fingerprint density at radius 2 is 1.76 bits per heavy atom. The van der Waals surface area contributed by atoms with E-state index in [1.54, 1.807) is 12.1 Å². The third-order valence-corrected chi connectivity index (χ3v) is 3.55. The molecule has 0 saturated heterocycles. The summed E-state index contributed by atoms with van der Waals surface area (Å²) in [5.74, 6) is -1.88. The number of fused-ring (bicyclic) bond motifs is 1. The number of carboxylic acids is 1. The van der Waals surface area contributed by atoms with Crippen molar-refractivity contribution in [3.8, 4) is 11.6 Å². The first-order valence-corrected chi connectivity index (χ1v) is 7.24. The van der Waals surface area contributed by atoms with Crippen molar-refractivity contribution in [3.63, 3.8) is 0 Å². The minimum absolute atomic E-state index is 0.00263. The van der Waals surface area contributed by atoms with Gasteiger partial charge in [-0.2, -0.15) is 0 Å². The Morgan fingerprint density at radius 3 is 2.44 bits per heavy atom. The molecule has 1 amide bonds. The SMILES string of the molecule is O=C(Cc1ccc(O)cc1)N=Nc1c(O)[nH]c2ccc(C(=O)O)cc12. The molecule has 0 spiro atoms. The number of aromatic amines is 1. The highest BCUT2D eigenvalue weighted by molar-refractivity contribution is 6.00. The molecule has 0 atom stereocenters. The quantitative estimate of drug-likeness (QED) is 0.541. The topological polar surface area (TPSA) is 135 Å². The predicted octanol–water partition coefficient (Wildman–Crippen LogP) is 3.13. The molecule has 0 saturated carbocycles. The lowest BCUT2D eigenvalue weighted by Crippen LogP contribution is -1.97. The number of aromatic hydroxyl groups is 2. The van der Waals surface area contributed by atoms with Crippen LogP contribution in [0.5, 0.6) is 11.6 Å². The first-order chi connectivity index (χ1) is 11.9. The van der Waals surface area contributed by atoms with Crippen LogP contribution in [-0.4, -0.2) is 32.2 Å². The molecular weight excluding hydrogens is 326 g/mol. The summed E-state index contributed by atoms with van der Waals surface area (Å²) in [6.45, 7) is 0. The summed E-state index contributed by atoms with van der Waals surface area (Å²) in [7, 11) is 0. The number of amides is 1. The lowest BCUT2D eigenvalue weighted by atomic mass is 10.1. The number of benzene rings is 2. The second-order valence-electron chi connectivity index (χ2n) is 5.32. The van der Waals surface area contributed by atoms with E-state index in [9.17, 15) is 19.8 Å². The van der Waals surface area contributed by atoms with Crippen LogP contribution in [0.15, 0.2) is 52.7 Å². The smallest absolute Gasteiger partial charge is 0.335 e. The fraction of sp³-hybridized carbons (Fsp3) is 0.0588. The van der Waals surface area contributed by atoms with Crippen LogP contribution in [0.2, 0.25) is 0 Å². The fourth-order valence-electron chi connectivity index (χ4n) is 2.33. The number of hydrogen-bond acceptors (Lipinski definition) is 5. The van der Waals surface area contributed by atoms with Crippen molar-refractivity contribution in [1.82, 2.24) is 4.98 Å². The zero-order valence-electron chi connectivity index (χ0n) is 12.8. The molecule has 0 radical (unpaired) electrons. The Balaban J connectivity index is 1.86. The van der Waals surface area contributed by atoms with Gasteiger partial charge >= 0.3 is 5.97 Å². The maximum atomic E-state index is 11.9. The molecule has 0 unspecified atom stereocenters. The van der Waals surface area contributed by atoms with Gasteiger partial charge in [0.05, 0.1) is 17.5 Å². The minimum atomic E-state index is -1.12. The van der Waals surface area contributed by atoms with Crippen molar-refractivity contribution in [3.05, 3.63) is 53.6 Å². The second kappa shape index (κ2) is 6.44. The zero-order chi connectivity index (χ0) is 18.0. The van der Waals surface area contributed by atoms with Crippen LogP contribution >= 0.6 is 0 Å². The molecule has 1 aromatic heterocycles. The Hall–Kier alpha value is -3.68. The van der Waals surface area contributed by atoms with Crippen molar-refractivity contribution in [1.29, 1.82) is 0 Å². The number of nitrogens with zero attached hydrogens (tertiary/aromatic N) is 2. The molecule has 1 heterocycles. The zero-order valence-corrected chi connectivity index (χ0v) is 12.8. The number of phenolic OH excluding ortho intramolecular Hbond substituents is 1. The summed E-state index contributed by atoms with van der Waals surface area (Å²) in [5.41, 5.74) is 1.15. The number of nitrogens with one attached hydrogen (secondary N) is 1. The lowest BCUT2D eigenvalue weighted by molar-refractivity contribution is -0.117. The van der Waals surface area contributed by atoms with Crippen molar-refractivity contribution < 1.29 is 24.9 Å². The molecule has 25 heavy (non-hydrogen) atoms. The van der Waals surface area contributed by atoms with E-state index in [1.165, 1.54) is 30.3 Å². The monoisotopic (exact) mass is 339 g/mol. The first kappa shape index (κ1) is 16.2. The van der Waals surface area contributed by atoms with Gasteiger partial charge in [-0.3, -0.25) is 4.79 Å². The van der Waals surface area contributed by atoms with Gasteiger partial charge in [-0.1, -0.05) is 12.1 Å². The molecule has 0 fully saturated rings. The number of rotatable bonds is 4. The van der Waals surface area contributed by atoms with Gasteiger partial charge in [-0.25, -0.2) is 4.79 Å². The summed E-state index contributed by atoms with van der Waals surface area (Å²) in [5, 5.41) is 35.8. The highest BCUT2D eigenvalue weighted by atomic mass is 16.4. The Bertz CT molecular complexity index is 989. The third kappa shape index (κ3) is 3.47. The maximum Gasteiger partial charge on any atom is 0.335 e. The summed E-state index contributed by atoms with van der Waals surface area (Å²) < 4.78 is 0. The van der Waals surface area contributed by atoms with Gasteiger partial charge < -0.3 is 20.3 Å². The number of carbonyl (C=O) groups is 2. The summed E-state index contributed by atoms with van der Waals surface area (Å²) in [6, 6.07) is 10.3. The number of phenols is 1. The highest BCUT2D eigenvalue weighted by Crippen LogP contribution is 2.36. The van der Waals surface area contributed by atoms with Crippen LogP contribution in [0.4, 0.5) is 5.69 Å². The molecule has 2 aromatic carbocycles. The summed E-state index contributed by atoms with van der Waals surface area (Å²) in [4.78, 5) is 25.6. The first-order valence-electron chi connectivity index (χ1n) is 7.24. The van der Waals surface area contributed by atoms with Crippen molar-refractivity contribution >= 4 is 28.5 Å². The number of azo groups is 1. The van der Waals surface area contributed by atoms with E-state index >= 15 is 0 Å². The van der Waals surface area contributed by atoms with Crippen molar-refractivity contribution in [2.75, 3.05) is 0 Å². The average Bonchev–Trinajstić information content (AvgIpc) is 2.89. The van der Waals surface area contributed by atoms with Crippen LogP contribution in [0.3, 0.4) is 0 Å². The van der Waals surface area contributed by atoms with Gasteiger partial charge in [0.2, 0.25) is 5.88 Å². The van der Waals surface area contributed by atoms with Crippen molar-refractivity contribution in [2.45, 2.75) is 6.42 Å². The van der Waals surface area contributed by atoms with E-state index in [2.05, 4.69) is 15.2 Å². The van der Waals surface area contributed by atoms with Gasteiger partial charge in [-0.15, -0.1) is 10.2 Å². The largest absolute Gasteiger partial charge is 0.508 e. The van der Waals surface area contributed by atoms with Crippen LogP contribution in [0.25, 0.3) is 10.9 Å². The molecule has 0 aliphatic heterocycles. The van der Waals surface area contributed by atoms with Crippen LogP contribution in [-0.2, 0) is 11.2 Å². The minimum Gasteiger partial charge on any atom is -0.508 e. The number of aromatic nitrogens is 1. The average molecular weight is 339 g/mol. The second-order valence-corrected chi connectivity index (χ2v) is 5.32. The summed E-state index contributed by atoms with van der Waals surface area (Å²) >= 11 is 0. The van der Waals surface area contributed by atoms with Crippen LogP contribution in [0, 0.1) is 0 Å². The molecule has 0 aliphatic carbocycles. The van der Waals surface area contributed by atoms with E-state index in [0.29, 0.717) is 16.5 Å². The Labute approximate surface area is 141 Å². The van der Waals surface area contributed by atoms with Gasteiger partial charge in [0.15, 0.2) is 5.69 Å². The molecule has 4 N–H and O–H groups in total. The van der Waals surface area contributed by atoms with Gasteiger partial charge in [0.25, 0.3) is 5.91 Å². The van der Waals surface area contributed by atoms with Crippen molar-refractivity contribution in [2.24, 2.45) is 10.2 Å².